The maximum atomic E-state index is 10.1. The van der Waals surface area contributed by atoms with Crippen molar-refractivity contribution in [3.8, 4) is 0 Å². The molecule has 0 radical (unpaired) electrons. The summed E-state index contributed by atoms with van der Waals surface area (Å²) in [6, 6.07) is 10.9. The van der Waals surface area contributed by atoms with Gasteiger partial charge >= 0.3 is 0 Å². The minimum atomic E-state index is -0.207. The van der Waals surface area contributed by atoms with Crippen LogP contribution in [-0.2, 0) is 13.1 Å². The lowest BCUT2D eigenvalue weighted by Crippen LogP contribution is -2.37. The summed E-state index contributed by atoms with van der Waals surface area (Å²) in [6.07, 6.45) is 3.27. The Labute approximate surface area is 147 Å². The van der Waals surface area contributed by atoms with Gasteiger partial charge in [-0.2, -0.15) is 0 Å². The number of rotatable bonds is 7. The molecule has 1 aromatic heterocycles. The number of aliphatic hydroxyl groups is 1. The second kappa shape index (κ2) is 7.31. The number of aliphatic hydroxyl groups excluding tert-OH is 1. The van der Waals surface area contributed by atoms with E-state index in [1.165, 1.54) is 23.4 Å². The van der Waals surface area contributed by atoms with Crippen molar-refractivity contribution in [2.75, 3.05) is 13.1 Å². The van der Waals surface area contributed by atoms with Gasteiger partial charge < -0.3 is 10.4 Å². The van der Waals surface area contributed by atoms with Crippen molar-refractivity contribution in [3.05, 3.63) is 52.0 Å². The molecule has 2 atom stereocenters. The van der Waals surface area contributed by atoms with E-state index in [0.29, 0.717) is 6.04 Å². The summed E-state index contributed by atoms with van der Waals surface area (Å²) in [7, 11) is 0. The van der Waals surface area contributed by atoms with E-state index in [2.05, 4.69) is 39.9 Å². The molecule has 24 heavy (non-hydrogen) atoms. The number of benzene rings is 1. The lowest BCUT2D eigenvalue weighted by molar-refractivity contribution is 0.172. The molecule has 0 spiro atoms. The van der Waals surface area contributed by atoms with Gasteiger partial charge in [0.15, 0.2) is 0 Å². The summed E-state index contributed by atoms with van der Waals surface area (Å²) >= 11 is 1.80. The van der Waals surface area contributed by atoms with Gasteiger partial charge in [0.05, 0.1) is 16.8 Å². The largest absolute Gasteiger partial charge is 0.392 e. The Morgan fingerprint density at radius 2 is 2.08 bits per heavy atom. The van der Waals surface area contributed by atoms with Crippen LogP contribution in [0.2, 0.25) is 0 Å². The maximum Gasteiger partial charge on any atom is 0.0959 e. The summed E-state index contributed by atoms with van der Waals surface area (Å²) in [5, 5.41) is 17.1. The van der Waals surface area contributed by atoms with E-state index in [1.54, 1.807) is 11.3 Å². The molecule has 0 bridgehead atoms. The molecular weight excluding hydrogens is 318 g/mol. The number of likely N-dealkylation sites (tertiary alicyclic amines) is 1. The Balaban J connectivity index is 1.28. The van der Waals surface area contributed by atoms with Crippen LogP contribution in [0.25, 0.3) is 0 Å². The van der Waals surface area contributed by atoms with Gasteiger partial charge in [0.2, 0.25) is 0 Å². The average Bonchev–Trinajstić information content (AvgIpc) is 3.23. The topological polar surface area (TPSA) is 48.4 Å². The molecule has 4 rings (SSSR count). The van der Waals surface area contributed by atoms with Crippen molar-refractivity contribution in [2.24, 2.45) is 0 Å². The van der Waals surface area contributed by atoms with Crippen molar-refractivity contribution in [1.29, 1.82) is 0 Å². The first kappa shape index (κ1) is 16.2. The zero-order valence-corrected chi connectivity index (χ0v) is 14.7. The third kappa shape index (κ3) is 4.03. The monoisotopic (exact) mass is 343 g/mol. The third-order valence-corrected chi connectivity index (χ3v) is 5.97. The number of β-amino-alcohol motifs (C(OH)–C–C–N with tert-alkyl or cyclic N) is 1. The summed E-state index contributed by atoms with van der Waals surface area (Å²) < 4.78 is 0. The fourth-order valence-corrected chi connectivity index (χ4v) is 4.46. The SMILES string of the molecule is OC1CC(CNCc2csc(C3CC3)n2)N(Cc2ccccc2)C1. The Morgan fingerprint density at radius 1 is 1.25 bits per heavy atom. The number of thiazole rings is 1. The van der Waals surface area contributed by atoms with E-state index >= 15 is 0 Å². The van der Waals surface area contributed by atoms with Gasteiger partial charge in [0, 0.05) is 43.5 Å². The highest BCUT2D eigenvalue weighted by Crippen LogP contribution is 2.41. The predicted molar refractivity (Wildman–Crippen MR) is 97.1 cm³/mol. The molecule has 2 N–H and O–H groups in total. The molecule has 128 valence electrons. The molecule has 1 aliphatic carbocycles. The standard InChI is InChI=1S/C19H25N3OS/c23-18-8-17(22(12-18)11-14-4-2-1-3-5-14)10-20-9-16-13-24-19(21-16)15-6-7-15/h1-5,13,15,17-18,20,23H,6-12H2. The lowest BCUT2D eigenvalue weighted by atomic mass is 10.1. The van der Waals surface area contributed by atoms with Crippen molar-refractivity contribution in [3.63, 3.8) is 0 Å². The molecular formula is C19H25N3OS. The summed E-state index contributed by atoms with van der Waals surface area (Å²) in [5.41, 5.74) is 2.47. The second-order valence-corrected chi connectivity index (χ2v) is 7.93. The number of nitrogens with zero attached hydrogens (tertiary/aromatic N) is 2. The number of hydrogen-bond acceptors (Lipinski definition) is 5. The molecule has 2 heterocycles. The van der Waals surface area contributed by atoms with Crippen LogP contribution in [0.4, 0.5) is 0 Å². The summed E-state index contributed by atoms with van der Waals surface area (Å²) in [5.74, 6) is 0.745. The first-order valence-electron chi connectivity index (χ1n) is 8.89. The van der Waals surface area contributed by atoms with Gasteiger partial charge in [-0.05, 0) is 24.8 Å². The van der Waals surface area contributed by atoms with Gasteiger partial charge in [-0.25, -0.2) is 4.98 Å². The number of hydrogen-bond donors (Lipinski definition) is 2. The van der Waals surface area contributed by atoms with Crippen LogP contribution in [-0.4, -0.2) is 40.2 Å². The molecule has 4 nitrogen and oxygen atoms in total. The van der Waals surface area contributed by atoms with Crippen LogP contribution in [0.1, 0.15) is 41.4 Å². The zero-order chi connectivity index (χ0) is 16.4. The van der Waals surface area contributed by atoms with E-state index in [1.807, 2.05) is 6.07 Å². The molecule has 2 aromatic rings. The first-order valence-corrected chi connectivity index (χ1v) is 9.77. The van der Waals surface area contributed by atoms with Crippen LogP contribution in [0, 0.1) is 0 Å². The molecule has 1 aromatic carbocycles. The Morgan fingerprint density at radius 3 is 2.88 bits per heavy atom. The Kier molecular flexibility index (Phi) is 4.94. The fourth-order valence-electron chi connectivity index (χ4n) is 3.47. The lowest BCUT2D eigenvalue weighted by Gasteiger charge is -2.24. The zero-order valence-electron chi connectivity index (χ0n) is 13.9. The predicted octanol–water partition coefficient (Wildman–Crippen LogP) is 2.75. The molecule has 2 aliphatic rings. The van der Waals surface area contributed by atoms with Crippen LogP contribution in [0.3, 0.4) is 0 Å². The molecule has 1 saturated carbocycles. The van der Waals surface area contributed by atoms with E-state index in [4.69, 9.17) is 4.98 Å². The highest BCUT2D eigenvalue weighted by Gasteiger charge is 2.30. The second-order valence-electron chi connectivity index (χ2n) is 7.04. The molecule has 2 fully saturated rings. The van der Waals surface area contributed by atoms with E-state index in [-0.39, 0.29) is 6.10 Å². The smallest absolute Gasteiger partial charge is 0.0959 e. The van der Waals surface area contributed by atoms with Crippen LogP contribution >= 0.6 is 11.3 Å². The molecule has 1 aliphatic heterocycles. The van der Waals surface area contributed by atoms with Crippen LogP contribution in [0.15, 0.2) is 35.7 Å². The van der Waals surface area contributed by atoms with Gasteiger partial charge in [-0.15, -0.1) is 11.3 Å². The van der Waals surface area contributed by atoms with Gasteiger partial charge in [-0.1, -0.05) is 30.3 Å². The van der Waals surface area contributed by atoms with Crippen LogP contribution < -0.4 is 5.32 Å². The normalized spacial score (nSPS) is 24.5. The molecule has 1 saturated heterocycles. The third-order valence-electron chi connectivity index (χ3n) is 4.92. The number of aromatic nitrogens is 1. The van der Waals surface area contributed by atoms with E-state index < -0.39 is 0 Å². The summed E-state index contributed by atoms with van der Waals surface area (Å²) in [6.45, 7) is 3.41. The summed E-state index contributed by atoms with van der Waals surface area (Å²) in [4.78, 5) is 7.12. The number of nitrogens with one attached hydrogen (secondary N) is 1. The van der Waals surface area contributed by atoms with Crippen molar-refractivity contribution in [2.45, 2.75) is 50.4 Å². The minimum Gasteiger partial charge on any atom is -0.392 e. The highest BCUT2D eigenvalue weighted by atomic mass is 32.1. The highest BCUT2D eigenvalue weighted by molar-refractivity contribution is 7.09. The molecule has 2 unspecified atom stereocenters. The van der Waals surface area contributed by atoms with Gasteiger partial charge in [-0.3, -0.25) is 4.90 Å². The van der Waals surface area contributed by atoms with E-state index in [0.717, 1.165) is 44.2 Å². The van der Waals surface area contributed by atoms with Crippen molar-refractivity contribution >= 4 is 11.3 Å². The molecule has 5 heteroatoms. The van der Waals surface area contributed by atoms with Gasteiger partial charge in [0.25, 0.3) is 0 Å². The Bertz CT molecular complexity index is 656. The van der Waals surface area contributed by atoms with Gasteiger partial charge in [0.1, 0.15) is 0 Å². The fraction of sp³-hybridized carbons (Fsp3) is 0.526. The minimum absolute atomic E-state index is 0.207. The maximum absolute atomic E-state index is 10.1. The Hall–Kier alpha value is -1.27. The van der Waals surface area contributed by atoms with Crippen molar-refractivity contribution in [1.82, 2.24) is 15.2 Å². The quantitative estimate of drug-likeness (QED) is 0.812. The first-order chi connectivity index (χ1) is 11.8. The van der Waals surface area contributed by atoms with E-state index in [9.17, 15) is 5.11 Å². The average molecular weight is 343 g/mol. The van der Waals surface area contributed by atoms with Crippen LogP contribution in [0.5, 0.6) is 0 Å². The molecule has 0 amide bonds. The van der Waals surface area contributed by atoms with Crippen molar-refractivity contribution < 1.29 is 5.11 Å².